The van der Waals surface area contributed by atoms with E-state index in [1.807, 2.05) is 30.3 Å². The number of aliphatic carboxylic acids is 1. The molecule has 0 spiro atoms. The molecule has 3 unspecified atom stereocenters. The van der Waals surface area contributed by atoms with Crippen LogP contribution in [0.4, 0.5) is 0 Å². The van der Waals surface area contributed by atoms with Gasteiger partial charge in [-0.05, 0) is 18.4 Å². The molecule has 1 aliphatic carbocycles. The highest BCUT2D eigenvalue weighted by molar-refractivity contribution is 5.70. The van der Waals surface area contributed by atoms with Gasteiger partial charge in [-0.15, -0.1) is 0 Å². The Morgan fingerprint density at radius 3 is 2.56 bits per heavy atom. The Morgan fingerprint density at radius 1 is 1.25 bits per heavy atom. The summed E-state index contributed by atoms with van der Waals surface area (Å²) in [6.07, 6.45) is 1.73. The van der Waals surface area contributed by atoms with Gasteiger partial charge in [-0.3, -0.25) is 4.79 Å². The zero-order valence-corrected chi connectivity index (χ0v) is 9.04. The van der Waals surface area contributed by atoms with Gasteiger partial charge in [-0.1, -0.05) is 36.8 Å². The fraction of sp³-hybridized carbons (Fsp3) is 0.462. The molecule has 0 aromatic heterocycles. The second kappa shape index (κ2) is 4.66. The summed E-state index contributed by atoms with van der Waals surface area (Å²) < 4.78 is 0. The summed E-state index contributed by atoms with van der Waals surface area (Å²) in [5.74, 6) is -1.31. The zero-order chi connectivity index (χ0) is 11.5. The molecular formula is C13H16O3. The Labute approximate surface area is 94.7 Å². The molecule has 0 aliphatic heterocycles. The molecule has 2 N–H and O–H groups in total. The van der Waals surface area contributed by atoms with Gasteiger partial charge in [0.25, 0.3) is 0 Å². The van der Waals surface area contributed by atoms with Crippen LogP contribution in [0, 0.1) is 11.8 Å². The minimum atomic E-state index is -0.780. The number of hydrogen-bond donors (Lipinski definition) is 2. The average molecular weight is 220 g/mol. The molecular weight excluding hydrogens is 204 g/mol. The lowest BCUT2D eigenvalue weighted by Crippen LogP contribution is -2.23. The molecule has 1 aromatic carbocycles. The van der Waals surface area contributed by atoms with Gasteiger partial charge < -0.3 is 10.2 Å². The lowest BCUT2D eigenvalue weighted by Gasteiger charge is -2.22. The minimum absolute atomic E-state index is 0.139. The number of aliphatic hydroxyl groups is 1. The number of aliphatic hydroxyl groups excluding tert-OH is 1. The standard InChI is InChI=1S/C13H16O3/c14-12(9-5-2-1-3-6-9)10-7-4-8-11(10)13(15)16/h1-3,5-6,10-12,14H,4,7-8H2,(H,15,16). The first kappa shape index (κ1) is 11.1. The molecule has 16 heavy (non-hydrogen) atoms. The van der Waals surface area contributed by atoms with E-state index in [2.05, 4.69) is 0 Å². The van der Waals surface area contributed by atoms with Gasteiger partial charge in [-0.25, -0.2) is 0 Å². The fourth-order valence-electron chi connectivity index (χ4n) is 2.57. The van der Waals surface area contributed by atoms with Crippen molar-refractivity contribution in [2.24, 2.45) is 11.8 Å². The summed E-state index contributed by atoms with van der Waals surface area (Å²) >= 11 is 0. The number of hydrogen-bond acceptors (Lipinski definition) is 2. The zero-order valence-electron chi connectivity index (χ0n) is 9.04. The van der Waals surface area contributed by atoms with E-state index in [1.54, 1.807) is 0 Å². The average Bonchev–Trinajstić information content (AvgIpc) is 2.78. The molecule has 0 bridgehead atoms. The Kier molecular flexibility index (Phi) is 3.25. The Bertz CT molecular complexity index is 361. The van der Waals surface area contributed by atoms with Crippen molar-refractivity contribution >= 4 is 5.97 Å². The first-order chi connectivity index (χ1) is 7.70. The summed E-state index contributed by atoms with van der Waals surface area (Å²) in [5, 5.41) is 19.2. The van der Waals surface area contributed by atoms with Gasteiger partial charge in [0.1, 0.15) is 0 Å². The van der Waals surface area contributed by atoms with Gasteiger partial charge in [0.05, 0.1) is 12.0 Å². The number of benzene rings is 1. The molecule has 1 aromatic rings. The molecule has 86 valence electrons. The van der Waals surface area contributed by atoms with Crippen LogP contribution in [-0.4, -0.2) is 16.2 Å². The van der Waals surface area contributed by atoms with E-state index in [9.17, 15) is 9.90 Å². The molecule has 1 fully saturated rings. The highest BCUT2D eigenvalue weighted by Gasteiger charge is 2.37. The number of carbonyl (C=O) groups is 1. The fourth-order valence-corrected chi connectivity index (χ4v) is 2.57. The first-order valence-electron chi connectivity index (χ1n) is 5.66. The maximum absolute atomic E-state index is 11.0. The Balaban J connectivity index is 2.15. The quantitative estimate of drug-likeness (QED) is 0.821. The van der Waals surface area contributed by atoms with E-state index in [-0.39, 0.29) is 5.92 Å². The van der Waals surface area contributed by atoms with Crippen molar-refractivity contribution in [1.29, 1.82) is 0 Å². The third kappa shape index (κ3) is 2.09. The monoisotopic (exact) mass is 220 g/mol. The minimum Gasteiger partial charge on any atom is -0.481 e. The predicted molar refractivity (Wildman–Crippen MR) is 59.9 cm³/mol. The van der Waals surface area contributed by atoms with Crippen LogP contribution in [-0.2, 0) is 4.79 Å². The summed E-state index contributed by atoms with van der Waals surface area (Å²) in [7, 11) is 0. The van der Waals surface area contributed by atoms with Crippen LogP contribution >= 0.6 is 0 Å². The van der Waals surface area contributed by atoms with Crippen LogP contribution in [0.2, 0.25) is 0 Å². The Morgan fingerprint density at radius 2 is 1.94 bits per heavy atom. The van der Waals surface area contributed by atoms with Gasteiger partial charge in [0.2, 0.25) is 0 Å². The SMILES string of the molecule is O=C(O)C1CCCC1C(O)c1ccccc1. The highest BCUT2D eigenvalue weighted by atomic mass is 16.4. The van der Waals surface area contributed by atoms with Crippen molar-refractivity contribution in [1.82, 2.24) is 0 Å². The number of carboxylic acid groups (broad SMARTS) is 1. The molecule has 0 radical (unpaired) electrons. The van der Waals surface area contributed by atoms with Crippen molar-refractivity contribution in [3.8, 4) is 0 Å². The number of rotatable bonds is 3. The van der Waals surface area contributed by atoms with Crippen LogP contribution in [0.25, 0.3) is 0 Å². The molecule has 3 nitrogen and oxygen atoms in total. The maximum Gasteiger partial charge on any atom is 0.306 e. The van der Waals surface area contributed by atoms with Crippen molar-refractivity contribution in [2.75, 3.05) is 0 Å². The third-order valence-electron chi connectivity index (χ3n) is 3.43. The Hall–Kier alpha value is -1.35. The second-order valence-corrected chi connectivity index (χ2v) is 4.40. The first-order valence-corrected chi connectivity index (χ1v) is 5.66. The molecule has 0 heterocycles. The van der Waals surface area contributed by atoms with Crippen molar-refractivity contribution in [3.05, 3.63) is 35.9 Å². The van der Waals surface area contributed by atoms with Crippen LogP contribution in [0.15, 0.2) is 30.3 Å². The van der Waals surface area contributed by atoms with Crippen LogP contribution < -0.4 is 0 Å². The predicted octanol–water partition coefficient (Wildman–Crippen LogP) is 2.22. The van der Waals surface area contributed by atoms with E-state index < -0.39 is 18.0 Å². The summed E-state index contributed by atoms with van der Waals surface area (Å²) in [6, 6.07) is 9.32. The van der Waals surface area contributed by atoms with Gasteiger partial charge in [-0.2, -0.15) is 0 Å². The summed E-state index contributed by atoms with van der Waals surface area (Å²) in [5.41, 5.74) is 0.820. The molecule has 2 rings (SSSR count). The molecule has 3 atom stereocenters. The van der Waals surface area contributed by atoms with Crippen molar-refractivity contribution in [3.63, 3.8) is 0 Å². The summed E-state index contributed by atoms with van der Waals surface area (Å²) in [4.78, 5) is 11.0. The molecule has 1 aliphatic rings. The normalized spacial score (nSPS) is 26.6. The van der Waals surface area contributed by atoms with Crippen molar-refractivity contribution < 1.29 is 15.0 Å². The van der Waals surface area contributed by atoms with Gasteiger partial charge >= 0.3 is 5.97 Å². The van der Waals surface area contributed by atoms with E-state index >= 15 is 0 Å². The lowest BCUT2D eigenvalue weighted by atomic mass is 9.87. The lowest BCUT2D eigenvalue weighted by molar-refractivity contribution is -0.144. The highest BCUT2D eigenvalue weighted by Crippen LogP contribution is 2.40. The maximum atomic E-state index is 11.0. The van der Waals surface area contributed by atoms with Crippen molar-refractivity contribution in [2.45, 2.75) is 25.4 Å². The van der Waals surface area contributed by atoms with Crippen LogP contribution in [0.3, 0.4) is 0 Å². The largest absolute Gasteiger partial charge is 0.481 e. The summed E-state index contributed by atoms with van der Waals surface area (Å²) in [6.45, 7) is 0. The van der Waals surface area contributed by atoms with Gasteiger partial charge in [0.15, 0.2) is 0 Å². The smallest absolute Gasteiger partial charge is 0.306 e. The van der Waals surface area contributed by atoms with E-state index in [1.165, 1.54) is 0 Å². The topological polar surface area (TPSA) is 57.5 Å². The molecule has 3 heteroatoms. The second-order valence-electron chi connectivity index (χ2n) is 4.40. The number of carboxylic acids is 1. The molecule has 0 amide bonds. The third-order valence-corrected chi connectivity index (χ3v) is 3.43. The van der Waals surface area contributed by atoms with E-state index in [0.29, 0.717) is 6.42 Å². The van der Waals surface area contributed by atoms with Crippen LogP contribution in [0.5, 0.6) is 0 Å². The molecule has 0 saturated heterocycles. The van der Waals surface area contributed by atoms with E-state index in [0.717, 1.165) is 18.4 Å². The van der Waals surface area contributed by atoms with Gasteiger partial charge in [0, 0.05) is 5.92 Å². The van der Waals surface area contributed by atoms with E-state index in [4.69, 9.17) is 5.11 Å². The molecule has 1 saturated carbocycles. The van der Waals surface area contributed by atoms with Crippen LogP contribution in [0.1, 0.15) is 30.9 Å².